The molecule has 2 atom stereocenters. The van der Waals surface area contributed by atoms with Crippen molar-refractivity contribution in [1.29, 1.82) is 0 Å². The van der Waals surface area contributed by atoms with Gasteiger partial charge >= 0.3 is 0 Å². The third kappa shape index (κ3) is 4.71. The molecule has 1 aromatic heterocycles. The van der Waals surface area contributed by atoms with Gasteiger partial charge in [-0.05, 0) is 50.2 Å². The minimum absolute atomic E-state index is 0.0592. The number of carbonyl (C=O) groups is 1. The van der Waals surface area contributed by atoms with E-state index < -0.39 is 10.0 Å². The Bertz CT molecular complexity index is 951. The van der Waals surface area contributed by atoms with Crippen molar-refractivity contribution in [2.45, 2.75) is 43.7 Å². The van der Waals surface area contributed by atoms with E-state index in [0.29, 0.717) is 18.3 Å². The molecule has 1 fully saturated rings. The summed E-state index contributed by atoms with van der Waals surface area (Å²) in [5.41, 5.74) is 1.87. The monoisotopic (exact) mass is 419 g/mol. The van der Waals surface area contributed by atoms with Gasteiger partial charge in [0, 0.05) is 44.9 Å². The van der Waals surface area contributed by atoms with E-state index in [-0.39, 0.29) is 16.8 Å². The Hall–Kier alpha value is -2.16. The Balaban J connectivity index is 1.63. The van der Waals surface area contributed by atoms with Gasteiger partial charge in [-0.1, -0.05) is 0 Å². The van der Waals surface area contributed by atoms with Gasteiger partial charge in [-0.15, -0.1) is 0 Å². The van der Waals surface area contributed by atoms with Crippen molar-refractivity contribution >= 4 is 21.6 Å². The molecule has 0 saturated carbocycles. The number of hydrogen-bond donors (Lipinski definition) is 2. The number of likely N-dealkylation sites (tertiary alicyclic amines) is 1. The van der Waals surface area contributed by atoms with Crippen molar-refractivity contribution in [2.24, 2.45) is 7.05 Å². The van der Waals surface area contributed by atoms with E-state index in [2.05, 4.69) is 16.0 Å². The number of rotatable bonds is 7. The molecular weight excluding hydrogens is 388 g/mol. The number of aromatic nitrogens is 1. The van der Waals surface area contributed by atoms with E-state index >= 15 is 0 Å². The lowest BCUT2D eigenvalue weighted by Gasteiger charge is -2.22. The number of carbonyl (C=O) groups excluding carboxylic acids is 1. The fourth-order valence-electron chi connectivity index (χ4n) is 3.88. The highest BCUT2D eigenvalue weighted by molar-refractivity contribution is 7.89. The highest BCUT2D eigenvalue weighted by atomic mass is 32.2. The Morgan fingerprint density at radius 1 is 1.28 bits per heavy atom. The largest absolute Gasteiger partial charge is 0.350 e. The van der Waals surface area contributed by atoms with Crippen LogP contribution in [0.3, 0.4) is 0 Å². The lowest BCUT2D eigenvalue weighted by atomic mass is 10.1. The van der Waals surface area contributed by atoms with E-state index in [1.165, 1.54) is 14.9 Å². The molecule has 8 heteroatoms. The number of nitrogens with zero attached hydrogens (tertiary/aromatic N) is 2. The van der Waals surface area contributed by atoms with E-state index in [0.717, 1.165) is 19.4 Å². The molecule has 1 aliphatic heterocycles. The zero-order valence-corrected chi connectivity index (χ0v) is 18.4. The zero-order valence-electron chi connectivity index (χ0n) is 17.6. The molecule has 0 radical (unpaired) electrons. The molecule has 29 heavy (non-hydrogen) atoms. The smallest absolute Gasteiger partial charge is 0.279 e. The van der Waals surface area contributed by atoms with Crippen LogP contribution in [-0.2, 0) is 21.9 Å². The van der Waals surface area contributed by atoms with Crippen LogP contribution in [0.25, 0.3) is 0 Å². The lowest BCUT2D eigenvalue weighted by molar-refractivity contribution is -0.910. The molecule has 7 nitrogen and oxygen atoms in total. The maximum Gasteiger partial charge on any atom is 0.279 e. The Morgan fingerprint density at radius 2 is 1.97 bits per heavy atom. The second-order valence-electron chi connectivity index (χ2n) is 8.01. The van der Waals surface area contributed by atoms with Gasteiger partial charge < -0.3 is 14.8 Å². The summed E-state index contributed by atoms with van der Waals surface area (Å²) in [7, 11) is 0.0821. The number of benzene rings is 1. The van der Waals surface area contributed by atoms with Crippen LogP contribution in [-0.4, -0.2) is 49.4 Å². The Morgan fingerprint density at radius 3 is 2.55 bits per heavy atom. The molecule has 3 rings (SSSR count). The van der Waals surface area contributed by atoms with Crippen LogP contribution >= 0.6 is 0 Å². The first-order valence-corrected chi connectivity index (χ1v) is 11.5. The molecule has 0 bridgehead atoms. The minimum atomic E-state index is -3.52. The standard InChI is InChI=1S/C21H30N4O3S/c1-16(2)24(4)29(27,28)18-11-9-17(10-12-18)22-21(26)15-25-14-6-8-20(25)19-7-5-13-23(19)3/h5,7,9-13,16,20H,6,8,14-15H2,1-4H3,(H,22,26)/p+1/t20-/m1/s1. The van der Waals surface area contributed by atoms with Crippen LogP contribution in [0.4, 0.5) is 5.69 Å². The summed E-state index contributed by atoms with van der Waals surface area (Å²) in [5, 5.41) is 2.90. The molecule has 2 N–H and O–H groups in total. The summed E-state index contributed by atoms with van der Waals surface area (Å²) < 4.78 is 28.6. The van der Waals surface area contributed by atoms with Gasteiger partial charge in [0.2, 0.25) is 10.0 Å². The van der Waals surface area contributed by atoms with Gasteiger partial charge in [0.25, 0.3) is 5.91 Å². The van der Waals surface area contributed by atoms with Gasteiger partial charge in [0.05, 0.1) is 17.1 Å². The minimum Gasteiger partial charge on any atom is -0.350 e. The normalized spacial score (nSPS) is 19.8. The first-order valence-electron chi connectivity index (χ1n) is 10.0. The number of hydrogen-bond acceptors (Lipinski definition) is 3. The summed E-state index contributed by atoms with van der Waals surface area (Å²) in [6.07, 6.45) is 4.22. The fraction of sp³-hybridized carbons (Fsp3) is 0.476. The molecule has 2 heterocycles. The van der Waals surface area contributed by atoms with Crippen LogP contribution in [0.5, 0.6) is 0 Å². The molecule has 1 aliphatic rings. The van der Waals surface area contributed by atoms with Crippen molar-refractivity contribution in [3.63, 3.8) is 0 Å². The fourth-order valence-corrected chi connectivity index (χ4v) is 5.25. The molecule has 1 aromatic carbocycles. The predicted octanol–water partition coefficient (Wildman–Crippen LogP) is 1.41. The summed E-state index contributed by atoms with van der Waals surface area (Å²) in [6, 6.07) is 10.7. The molecule has 2 aromatic rings. The van der Waals surface area contributed by atoms with Crippen molar-refractivity contribution < 1.29 is 18.1 Å². The van der Waals surface area contributed by atoms with E-state index in [4.69, 9.17) is 0 Å². The van der Waals surface area contributed by atoms with Crippen molar-refractivity contribution in [3.8, 4) is 0 Å². The van der Waals surface area contributed by atoms with Gasteiger partial charge in [0.15, 0.2) is 6.54 Å². The van der Waals surface area contributed by atoms with Crippen LogP contribution in [0, 0.1) is 0 Å². The number of sulfonamides is 1. The molecule has 0 spiro atoms. The number of quaternary nitrogens is 1. The maximum atomic E-state index is 12.6. The average Bonchev–Trinajstić information content (AvgIpc) is 3.29. The van der Waals surface area contributed by atoms with Crippen LogP contribution in [0.2, 0.25) is 0 Å². The van der Waals surface area contributed by atoms with Crippen molar-refractivity contribution in [2.75, 3.05) is 25.5 Å². The topological polar surface area (TPSA) is 75.8 Å². The second-order valence-corrected chi connectivity index (χ2v) is 10.0. The highest BCUT2D eigenvalue weighted by Gasteiger charge is 2.33. The van der Waals surface area contributed by atoms with Gasteiger partial charge in [0.1, 0.15) is 6.04 Å². The Kier molecular flexibility index (Phi) is 6.45. The van der Waals surface area contributed by atoms with Crippen LogP contribution in [0.1, 0.15) is 38.4 Å². The average molecular weight is 420 g/mol. The number of amides is 1. The molecule has 1 amide bonds. The zero-order chi connectivity index (χ0) is 21.2. The Labute approximate surface area is 173 Å². The molecular formula is C21H31N4O3S+. The third-order valence-corrected chi connectivity index (χ3v) is 7.80. The number of nitrogens with one attached hydrogen (secondary N) is 2. The van der Waals surface area contributed by atoms with Gasteiger partial charge in [-0.2, -0.15) is 4.31 Å². The summed E-state index contributed by atoms with van der Waals surface area (Å²) in [6.45, 7) is 5.03. The molecule has 0 aliphatic carbocycles. The quantitative estimate of drug-likeness (QED) is 0.713. The summed E-state index contributed by atoms with van der Waals surface area (Å²) in [5.74, 6) is -0.0592. The first-order chi connectivity index (χ1) is 13.7. The van der Waals surface area contributed by atoms with Crippen LogP contribution < -0.4 is 10.2 Å². The van der Waals surface area contributed by atoms with E-state index in [1.807, 2.05) is 33.2 Å². The van der Waals surface area contributed by atoms with E-state index in [9.17, 15) is 13.2 Å². The van der Waals surface area contributed by atoms with Crippen molar-refractivity contribution in [1.82, 2.24) is 8.87 Å². The molecule has 1 unspecified atom stereocenters. The van der Waals surface area contributed by atoms with Crippen molar-refractivity contribution in [3.05, 3.63) is 48.3 Å². The third-order valence-electron chi connectivity index (χ3n) is 5.75. The van der Waals surface area contributed by atoms with Crippen LogP contribution in [0.15, 0.2) is 47.5 Å². The summed E-state index contributed by atoms with van der Waals surface area (Å²) in [4.78, 5) is 14.1. The van der Waals surface area contributed by atoms with Gasteiger partial charge in [-0.3, -0.25) is 4.79 Å². The molecule has 1 saturated heterocycles. The highest BCUT2D eigenvalue weighted by Crippen LogP contribution is 2.20. The first kappa shape index (κ1) is 21.5. The predicted molar refractivity (Wildman–Crippen MR) is 113 cm³/mol. The van der Waals surface area contributed by atoms with Gasteiger partial charge in [-0.25, -0.2) is 8.42 Å². The molecule has 158 valence electrons. The second kappa shape index (κ2) is 8.69. The SMILES string of the molecule is CC(C)N(C)S(=O)(=O)c1ccc(NC(=O)C[NH+]2CCC[C@@H]2c2cccn2C)cc1. The maximum absolute atomic E-state index is 12.6. The lowest BCUT2D eigenvalue weighted by Crippen LogP contribution is -3.11. The van der Waals surface area contributed by atoms with E-state index in [1.54, 1.807) is 31.3 Å². The number of anilines is 1. The summed E-state index contributed by atoms with van der Waals surface area (Å²) >= 11 is 0. The number of aryl methyl sites for hydroxylation is 1.